The first-order valence-electron chi connectivity index (χ1n) is 5.33. The Morgan fingerprint density at radius 2 is 1.67 bits per heavy atom. The van der Waals surface area contributed by atoms with Crippen LogP contribution in [-0.4, -0.2) is 6.03 Å². The van der Waals surface area contributed by atoms with Crippen molar-refractivity contribution in [2.75, 3.05) is 16.4 Å². The summed E-state index contributed by atoms with van der Waals surface area (Å²) in [7, 11) is 0. The number of carbonyl (C=O) groups is 1. The SMILES string of the molecule is Nc1ccc(NC(=O)Nc2ccccc2Br)cc1. The lowest BCUT2D eigenvalue weighted by atomic mass is 10.3. The summed E-state index contributed by atoms with van der Waals surface area (Å²) in [6.07, 6.45) is 0. The van der Waals surface area contributed by atoms with Gasteiger partial charge in [-0.3, -0.25) is 0 Å². The van der Waals surface area contributed by atoms with Crippen molar-refractivity contribution in [2.45, 2.75) is 0 Å². The molecule has 4 nitrogen and oxygen atoms in total. The zero-order valence-electron chi connectivity index (χ0n) is 9.48. The number of benzene rings is 2. The van der Waals surface area contributed by atoms with Crippen LogP contribution >= 0.6 is 15.9 Å². The fraction of sp³-hybridized carbons (Fsp3) is 0. The molecule has 0 unspecified atom stereocenters. The summed E-state index contributed by atoms with van der Waals surface area (Å²) >= 11 is 3.36. The van der Waals surface area contributed by atoms with Crippen LogP contribution in [-0.2, 0) is 0 Å². The zero-order chi connectivity index (χ0) is 13.0. The van der Waals surface area contributed by atoms with E-state index >= 15 is 0 Å². The van der Waals surface area contributed by atoms with E-state index in [4.69, 9.17) is 5.73 Å². The van der Waals surface area contributed by atoms with Gasteiger partial charge in [-0.25, -0.2) is 4.79 Å². The molecule has 0 radical (unpaired) electrons. The van der Waals surface area contributed by atoms with Crippen molar-refractivity contribution in [2.24, 2.45) is 0 Å². The number of hydrogen-bond acceptors (Lipinski definition) is 2. The maximum atomic E-state index is 11.7. The van der Waals surface area contributed by atoms with Gasteiger partial charge < -0.3 is 16.4 Å². The van der Waals surface area contributed by atoms with Crippen LogP contribution in [0.3, 0.4) is 0 Å². The third kappa shape index (κ3) is 3.24. The molecule has 0 aliphatic carbocycles. The Hall–Kier alpha value is -2.01. The van der Waals surface area contributed by atoms with Gasteiger partial charge in [0, 0.05) is 15.8 Å². The molecule has 0 atom stereocenters. The Morgan fingerprint density at radius 1 is 1.00 bits per heavy atom. The molecule has 0 bridgehead atoms. The fourth-order valence-electron chi connectivity index (χ4n) is 1.41. The van der Waals surface area contributed by atoms with Gasteiger partial charge >= 0.3 is 6.03 Å². The molecule has 5 heteroatoms. The van der Waals surface area contributed by atoms with Crippen LogP contribution in [0, 0.1) is 0 Å². The average Bonchev–Trinajstić information content (AvgIpc) is 2.35. The number of carbonyl (C=O) groups excluding carboxylic acids is 1. The molecule has 0 fully saturated rings. The van der Waals surface area contributed by atoms with Crippen LogP contribution in [0.15, 0.2) is 53.0 Å². The summed E-state index contributed by atoms with van der Waals surface area (Å²) in [4.78, 5) is 11.7. The minimum absolute atomic E-state index is 0.299. The van der Waals surface area contributed by atoms with Crippen LogP contribution in [0.4, 0.5) is 21.9 Å². The van der Waals surface area contributed by atoms with Gasteiger partial charge in [-0.2, -0.15) is 0 Å². The Kier molecular flexibility index (Phi) is 3.84. The molecule has 0 heterocycles. The Balaban J connectivity index is 2.01. The van der Waals surface area contributed by atoms with Crippen molar-refractivity contribution in [3.05, 3.63) is 53.0 Å². The highest BCUT2D eigenvalue weighted by Crippen LogP contribution is 2.21. The summed E-state index contributed by atoms with van der Waals surface area (Å²) in [6, 6.07) is 14.1. The number of halogens is 1. The van der Waals surface area contributed by atoms with E-state index in [-0.39, 0.29) is 6.03 Å². The van der Waals surface area contributed by atoms with Crippen molar-refractivity contribution < 1.29 is 4.79 Å². The Bertz CT molecular complexity index is 554. The van der Waals surface area contributed by atoms with Gasteiger partial charge in [-0.1, -0.05) is 12.1 Å². The van der Waals surface area contributed by atoms with Gasteiger partial charge in [-0.05, 0) is 52.3 Å². The molecule has 2 amide bonds. The number of nitrogens with two attached hydrogens (primary N) is 1. The summed E-state index contributed by atoms with van der Waals surface area (Å²) in [6.45, 7) is 0. The van der Waals surface area contributed by atoms with Crippen molar-refractivity contribution in [1.82, 2.24) is 0 Å². The van der Waals surface area contributed by atoms with Gasteiger partial charge in [0.25, 0.3) is 0 Å². The van der Waals surface area contributed by atoms with Gasteiger partial charge in [-0.15, -0.1) is 0 Å². The predicted molar refractivity (Wildman–Crippen MR) is 77.6 cm³/mol. The number of para-hydroxylation sites is 1. The van der Waals surface area contributed by atoms with Crippen molar-refractivity contribution >= 4 is 39.0 Å². The fourth-order valence-corrected chi connectivity index (χ4v) is 1.80. The van der Waals surface area contributed by atoms with E-state index in [1.54, 1.807) is 24.3 Å². The topological polar surface area (TPSA) is 67.1 Å². The lowest BCUT2D eigenvalue weighted by molar-refractivity contribution is 0.262. The molecule has 2 rings (SSSR count). The summed E-state index contributed by atoms with van der Waals surface area (Å²) in [5.41, 5.74) is 7.63. The monoisotopic (exact) mass is 305 g/mol. The second kappa shape index (κ2) is 5.55. The molecular weight excluding hydrogens is 294 g/mol. The Morgan fingerprint density at radius 3 is 2.33 bits per heavy atom. The quantitative estimate of drug-likeness (QED) is 0.741. The van der Waals surface area contributed by atoms with Crippen LogP contribution in [0.1, 0.15) is 0 Å². The third-order valence-corrected chi connectivity index (χ3v) is 2.98. The molecule has 0 aliphatic heterocycles. The third-order valence-electron chi connectivity index (χ3n) is 2.29. The van der Waals surface area contributed by atoms with E-state index in [1.807, 2.05) is 24.3 Å². The van der Waals surface area contributed by atoms with Crippen molar-refractivity contribution in [3.8, 4) is 0 Å². The largest absolute Gasteiger partial charge is 0.399 e. The normalized spacial score (nSPS) is 9.83. The second-order valence-electron chi connectivity index (χ2n) is 3.68. The summed E-state index contributed by atoms with van der Waals surface area (Å²) in [5, 5.41) is 5.46. The standard InChI is InChI=1S/C13H12BrN3O/c14-11-3-1-2-4-12(11)17-13(18)16-10-7-5-9(15)6-8-10/h1-8H,15H2,(H2,16,17,18). The molecule has 4 N–H and O–H groups in total. The van der Waals surface area contributed by atoms with Gasteiger partial charge in [0.15, 0.2) is 0 Å². The van der Waals surface area contributed by atoms with Crippen LogP contribution in [0.5, 0.6) is 0 Å². The van der Waals surface area contributed by atoms with Crippen LogP contribution in [0.2, 0.25) is 0 Å². The first-order valence-corrected chi connectivity index (χ1v) is 6.12. The lowest BCUT2D eigenvalue weighted by Gasteiger charge is -2.09. The second-order valence-corrected chi connectivity index (χ2v) is 4.54. The molecule has 2 aromatic carbocycles. The first kappa shape index (κ1) is 12.4. The van der Waals surface area contributed by atoms with E-state index < -0.39 is 0 Å². The number of rotatable bonds is 2. The number of anilines is 3. The van der Waals surface area contributed by atoms with E-state index in [9.17, 15) is 4.79 Å². The maximum absolute atomic E-state index is 11.7. The Labute approximate surface area is 113 Å². The van der Waals surface area contributed by atoms with Gasteiger partial charge in [0.1, 0.15) is 0 Å². The predicted octanol–water partition coefficient (Wildman–Crippen LogP) is 3.68. The molecule has 0 aliphatic rings. The van der Waals surface area contributed by atoms with Crippen LogP contribution < -0.4 is 16.4 Å². The highest BCUT2D eigenvalue weighted by molar-refractivity contribution is 9.10. The number of amides is 2. The summed E-state index contributed by atoms with van der Waals surface area (Å²) < 4.78 is 0.831. The zero-order valence-corrected chi connectivity index (χ0v) is 11.1. The molecule has 92 valence electrons. The van der Waals surface area contributed by atoms with Crippen LogP contribution in [0.25, 0.3) is 0 Å². The molecule has 0 spiro atoms. The number of nitrogen functional groups attached to an aromatic ring is 1. The number of urea groups is 1. The van der Waals surface area contributed by atoms with E-state index in [1.165, 1.54) is 0 Å². The average molecular weight is 306 g/mol. The van der Waals surface area contributed by atoms with Crippen molar-refractivity contribution in [1.29, 1.82) is 0 Å². The molecular formula is C13H12BrN3O. The summed E-state index contributed by atoms with van der Waals surface area (Å²) in [5.74, 6) is 0. The smallest absolute Gasteiger partial charge is 0.323 e. The molecule has 18 heavy (non-hydrogen) atoms. The van der Waals surface area contributed by atoms with Gasteiger partial charge in [0.2, 0.25) is 0 Å². The van der Waals surface area contributed by atoms with E-state index in [2.05, 4.69) is 26.6 Å². The lowest BCUT2D eigenvalue weighted by Crippen LogP contribution is -2.19. The first-order chi connectivity index (χ1) is 8.65. The highest BCUT2D eigenvalue weighted by atomic mass is 79.9. The van der Waals surface area contributed by atoms with Gasteiger partial charge in [0.05, 0.1) is 5.69 Å². The minimum atomic E-state index is -0.299. The molecule has 2 aromatic rings. The van der Waals surface area contributed by atoms with Crippen molar-refractivity contribution in [3.63, 3.8) is 0 Å². The molecule has 0 saturated heterocycles. The highest BCUT2D eigenvalue weighted by Gasteiger charge is 2.04. The number of hydrogen-bond donors (Lipinski definition) is 3. The molecule has 0 aromatic heterocycles. The molecule has 0 saturated carbocycles. The number of nitrogens with one attached hydrogen (secondary N) is 2. The maximum Gasteiger partial charge on any atom is 0.323 e. The van der Waals surface area contributed by atoms with E-state index in [0.717, 1.165) is 4.47 Å². The minimum Gasteiger partial charge on any atom is -0.399 e. The van der Waals surface area contributed by atoms with E-state index in [0.29, 0.717) is 17.1 Å².